The molecule has 1 heterocycles. The number of hydrogen-bond acceptors (Lipinski definition) is 5. The molecule has 82 valence electrons. The molecular formula is C9H16O5. The molecule has 0 spiro atoms. The van der Waals surface area contributed by atoms with E-state index in [9.17, 15) is 15.3 Å². The van der Waals surface area contributed by atoms with Crippen LogP contribution in [0.15, 0.2) is 12.7 Å². The Balaban J connectivity index is 2.55. The molecule has 1 aliphatic rings. The summed E-state index contributed by atoms with van der Waals surface area (Å²) in [6.45, 7) is 5.27. The van der Waals surface area contributed by atoms with E-state index >= 15 is 0 Å². The fourth-order valence-corrected chi connectivity index (χ4v) is 1.31. The molecule has 0 unspecified atom stereocenters. The van der Waals surface area contributed by atoms with E-state index in [1.54, 1.807) is 6.92 Å². The summed E-state index contributed by atoms with van der Waals surface area (Å²) < 4.78 is 10.2. The van der Waals surface area contributed by atoms with Gasteiger partial charge in [0.25, 0.3) is 0 Å². The zero-order valence-electron chi connectivity index (χ0n) is 8.04. The van der Waals surface area contributed by atoms with Crippen LogP contribution in [0, 0.1) is 0 Å². The summed E-state index contributed by atoms with van der Waals surface area (Å²) in [6.07, 6.45) is -3.54. The summed E-state index contributed by atoms with van der Waals surface area (Å²) in [4.78, 5) is 0. The van der Waals surface area contributed by atoms with E-state index in [0.29, 0.717) is 0 Å². The van der Waals surface area contributed by atoms with Crippen molar-refractivity contribution in [2.45, 2.75) is 37.6 Å². The Hall–Kier alpha value is -0.460. The van der Waals surface area contributed by atoms with Crippen LogP contribution >= 0.6 is 0 Å². The normalized spacial score (nSPS) is 43.6. The highest BCUT2D eigenvalue weighted by Crippen LogP contribution is 2.21. The molecule has 1 saturated heterocycles. The van der Waals surface area contributed by atoms with E-state index in [4.69, 9.17) is 9.47 Å². The first kappa shape index (κ1) is 11.6. The maximum absolute atomic E-state index is 9.46. The van der Waals surface area contributed by atoms with E-state index < -0.39 is 30.7 Å². The van der Waals surface area contributed by atoms with Gasteiger partial charge < -0.3 is 24.8 Å². The fourth-order valence-electron chi connectivity index (χ4n) is 1.31. The average molecular weight is 204 g/mol. The third-order valence-electron chi connectivity index (χ3n) is 2.19. The van der Waals surface area contributed by atoms with Crippen LogP contribution in [0.5, 0.6) is 0 Å². The van der Waals surface area contributed by atoms with E-state index in [1.807, 2.05) is 0 Å². The fraction of sp³-hybridized carbons (Fsp3) is 0.778. The van der Waals surface area contributed by atoms with E-state index in [-0.39, 0.29) is 6.61 Å². The zero-order valence-corrected chi connectivity index (χ0v) is 8.04. The zero-order chi connectivity index (χ0) is 10.7. The van der Waals surface area contributed by atoms with Crippen LogP contribution in [0.1, 0.15) is 6.92 Å². The monoisotopic (exact) mass is 204 g/mol. The SMILES string of the molecule is C=CCO[C@@H]1O[C@H](C)[C@@H](O)[C@H](O)[C@H]1O. The highest BCUT2D eigenvalue weighted by molar-refractivity contribution is 4.87. The number of aliphatic hydroxyl groups excluding tert-OH is 3. The number of rotatable bonds is 3. The lowest BCUT2D eigenvalue weighted by Gasteiger charge is -2.38. The van der Waals surface area contributed by atoms with Crippen LogP contribution in [-0.4, -0.2) is 52.6 Å². The Labute approximate surface area is 82.6 Å². The maximum atomic E-state index is 9.46. The molecule has 5 nitrogen and oxygen atoms in total. The highest BCUT2D eigenvalue weighted by Gasteiger charge is 2.42. The molecule has 0 saturated carbocycles. The van der Waals surface area contributed by atoms with Crippen molar-refractivity contribution in [3.63, 3.8) is 0 Å². The van der Waals surface area contributed by atoms with Gasteiger partial charge in [0.15, 0.2) is 6.29 Å². The van der Waals surface area contributed by atoms with Gasteiger partial charge in [0, 0.05) is 0 Å². The van der Waals surface area contributed by atoms with Crippen molar-refractivity contribution in [3.05, 3.63) is 12.7 Å². The molecule has 1 fully saturated rings. The van der Waals surface area contributed by atoms with Crippen molar-refractivity contribution in [2.75, 3.05) is 6.61 Å². The Morgan fingerprint density at radius 3 is 2.50 bits per heavy atom. The third kappa shape index (κ3) is 2.31. The second-order valence-corrected chi connectivity index (χ2v) is 3.30. The van der Waals surface area contributed by atoms with Crippen molar-refractivity contribution >= 4 is 0 Å². The van der Waals surface area contributed by atoms with Crippen molar-refractivity contribution in [2.24, 2.45) is 0 Å². The van der Waals surface area contributed by atoms with Crippen LogP contribution in [0.4, 0.5) is 0 Å². The first-order chi connectivity index (χ1) is 6.57. The highest BCUT2D eigenvalue weighted by atomic mass is 16.7. The Morgan fingerprint density at radius 2 is 1.93 bits per heavy atom. The van der Waals surface area contributed by atoms with Gasteiger partial charge >= 0.3 is 0 Å². The van der Waals surface area contributed by atoms with E-state index in [1.165, 1.54) is 6.08 Å². The van der Waals surface area contributed by atoms with Crippen molar-refractivity contribution < 1.29 is 24.8 Å². The maximum Gasteiger partial charge on any atom is 0.186 e. The van der Waals surface area contributed by atoms with Crippen molar-refractivity contribution in [1.82, 2.24) is 0 Å². The van der Waals surface area contributed by atoms with Crippen LogP contribution in [-0.2, 0) is 9.47 Å². The van der Waals surface area contributed by atoms with E-state index in [0.717, 1.165) is 0 Å². The standard InChI is InChI=1S/C9H16O5/c1-3-4-13-9-8(12)7(11)6(10)5(2)14-9/h3,5-12H,1,4H2,2H3/t5-,6-,7+,8-,9-/m1/s1. The summed E-state index contributed by atoms with van der Waals surface area (Å²) >= 11 is 0. The molecule has 0 aromatic heterocycles. The number of ether oxygens (including phenoxy) is 2. The molecule has 5 atom stereocenters. The van der Waals surface area contributed by atoms with Gasteiger partial charge in [0.2, 0.25) is 0 Å². The van der Waals surface area contributed by atoms with Gasteiger partial charge in [0.1, 0.15) is 18.3 Å². The topological polar surface area (TPSA) is 79.2 Å². The van der Waals surface area contributed by atoms with Crippen LogP contribution in [0.3, 0.4) is 0 Å². The predicted octanol–water partition coefficient (Wildman–Crippen LogP) is -0.984. The summed E-state index contributed by atoms with van der Waals surface area (Å²) in [5.74, 6) is 0. The van der Waals surface area contributed by atoms with Crippen LogP contribution in [0.25, 0.3) is 0 Å². The Morgan fingerprint density at radius 1 is 1.29 bits per heavy atom. The molecule has 1 rings (SSSR count). The lowest BCUT2D eigenvalue weighted by Crippen LogP contribution is -2.57. The molecule has 0 amide bonds. The largest absolute Gasteiger partial charge is 0.388 e. The van der Waals surface area contributed by atoms with Crippen LogP contribution in [0.2, 0.25) is 0 Å². The summed E-state index contributed by atoms with van der Waals surface area (Å²) in [5.41, 5.74) is 0. The molecule has 0 bridgehead atoms. The molecule has 0 aromatic carbocycles. The summed E-state index contributed by atoms with van der Waals surface area (Å²) in [5, 5.41) is 28.2. The third-order valence-corrected chi connectivity index (χ3v) is 2.19. The number of aliphatic hydroxyl groups is 3. The molecular weight excluding hydrogens is 188 g/mol. The van der Waals surface area contributed by atoms with E-state index in [2.05, 4.69) is 6.58 Å². The Bertz CT molecular complexity index is 196. The summed E-state index contributed by atoms with van der Waals surface area (Å²) in [7, 11) is 0. The summed E-state index contributed by atoms with van der Waals surface area (Å²) in [6, 6.07) is 0. The molecule has 0 radical (unpaired) electrons. The first-order valence-corrected chi connectivity index (χ1v) is 4.50. The lowest BCUT2D eigenvalue weighted by molar-refractivity contribution is -0.290. The van der Waals surface area contributed by atoms with Crippen LogP contribution < -0.4 is 0 Å². The molecule has 3 N–H and O–H groups in total. The van der Waals surface area contributed by atoms with Gasteiger partial charge in [-0.25, -0.2) is 0 Å². The minimum Gasteiger partial charge on any atom is -0.388 e. The smallest absolute Gasteiger partial charge is 0.186 e. The van der Waals surface area contributed by atoms with Gasteiger partial charge in [-0.15, -0.1) is 6.58 Å². The Kier molecular flexibility index (Phi) is 4.03. The quantitative estimate of drug-likeness (QED) is 0.515. The van der Waals surface area contributed by atoms with Gasteiger partial charge in [-0.05, 0) is 6.92 Å². The average Bonchev–Trinajstić information content (AvgIpc) is 2.18. The minimum absolute atomic E-state index is 0.220. The molecule has 1 aliphatic heterocycles. The molecule has 5 heteroatoms. The minimum atomic E-state index is -1.24. The number of hydrogen-bond donors (Lipinski definition) is 3. The van der Waals surface area contributed by atoms with Gasteiger partial charge in [0.05, 0.1) is 12.7 Å². The second-order valence-electron chi connectivity index (χ2n) is 3.30. The molecule has 0 aromatic rings. The molecule has 14 heavy (non-hydrogen) atoms. The second kappa shape index (κ2) is 4.86. The first-order valence-electron chi connectivity index (χ1n) is 4.50. The van der Waals surface area contributed by atoms with Gasteiger partial charge in [-0.2, -0.15) is 0 Å². The van der Waals surface area contributed by atoms with Gasteiger partial charge in [-0.1, -0.05) is 6.08 Å². The predicted molar refractivity (Wildman–Crippen MR) is 48.5 cm³/mol. The van der Waals surface area contributed by atoms with Crippen molar-refractivity contribution in [3.8, 4) is 0 Å². The lowest BCUT2D eigenvalue weighted by atomic mass is 10.0. The molecule has 0 aliphatic carbocycles. The van der Waals surface area contributed by atoms with Gasteiger partial charge in [-0.3, -0.25) is 0 Å². The van der Waals surface area contributed by atoms with Crippen molar-refractivity contribution in [1.29, 1.82) is 0 Å².